The number of nitrogens with zero attached hydrogens (tertiary/aromatic N) is 8. The van der Waals surface area contributed by atoms with E-state index in [1.807, 2.05) is 30.3 Å². The lowest BCUT2D eigenvalue weighted by Crippen LogP contribution is -2.59. The maximum atomic E-state index is 12.8. The number of aliphatic hydroxyl groups is 1. The van der Waals surface area contributed by atoms with Gasteiger partial charge in [-0.15, -0.1) is 0 Å². The van der Waals surface area contributed by atoms with Gasteiger partial charge in [0, 0.05) is 44.3 Å². The lowest BCUT2D eigenvalue weighted by molar-refractivity contribution is 0.0541. The largest absolute Gasteiger partial charge is 0.393 e. The first-order chi connectivity index (χ1) is 18.9. The van der Waals surface area contributed by atoms with Crippen molar-refractivity contribution in [3.63, 3.8) is 0 Å². The van der Waals surface area contributed by atoms with Crippen LogP contribution in [0.15, 0.2) is 53.9 Å². The molecule has 0 spiro atoms. The molecule has 1 amide bonds. The number of carbonyl (C=O) groups excluding carboxylic acids is 1. The second-order valence-electron chi connectivity index (χ2n) is 10.3. The topological polar surface area (TPSA) is 134 Å². The number of amides is 1. The lowest BCUT2D eigenvalue weighted by atomic mass is 10.00. The fourth-order valence-electron chi connectivity index (χ4n) is 5.19. The Labute approximate surface area is 227 Å². The van der Waals surface area contributed by atoms with Crippen LogP contribution in [-0.4, -0.2) is 86.6 Å². The molecular weight excluding hydrogens is 494 g/mol. The molecule has 3 aromatic rings. The molecule has 11 nitrogen and oxygen atoms in total. The predicted molar refractivity (Wildman–Crippen MR) is 148 cm³/mol. The molecule has 2 saturated heterocycles. The van der Waals surface area contributed by atoms with Crippen LogP contribution in [0.2, 0.25) is 0 Å². The summed E-state index contributed by atoms with van der Waals surface area (Å²) in [7, 11) is 0. The minimum Gasteiger partial charge on any atom is -0.393 e. The van der Waals surface area contributed by atoms with Crippen LogP contribution in [0, 0.1) is 17.4 Å². The molecule has 2 fully saturated rings. The number of nitrogens with one attached hydrogen (secondary N) is 1. The van der Waals surface area contributed by atoms with Gasteiger partial charge in [-0.1, -0.05) is 19.9 Å². The normalized spacial score (nSPS) is 18.9. The summed E-state index contributed by atoms with van der Waals surface area (Å²) in [6.45, 7) is 7.28. The Kier molecular flexibility index (Phi) is 7.84. The number of aromatic nitrogens is 3. The maximum absolute atomic E-state index is 12.8. The summed E-state index contributed by atoms with van der Waals surface area (Å²) in [5.74, 6) is 1.32. The summed E-state index contributed by atoms with van der Waals surface area (Å²) in [6, 6.07) is 9.69. The van der Waals surface area contributed by atoms with Crippen molar-refractivity contribution in [2.24, 2.45) is 10.9 Å². The van der Waals surface area contributed by atoms with Crippen LogP contribution >= 0.6 is 0 Å². The number of nitriles is 1. The number of fused-ring (bicyclic) bond motifs is 1. The van der Waals surface area contributed by atoms with E-state index in [0.29, 0.717) is 63.0 Å². The van der Waals surface area contributed by atoms with Gasteiger partial charge in [0.15, 0.2) is 6.19 Å². The average Bonchev–Trinajstić information content (AvgIpc) is 2.97. The highest BCUT2D eigenvalue weighted by Gasteiger charge is 2.33. The second kappa shape index (κ2) is 11.6. The zero-order valence-electron chi connectivity index (χ0n) is 22.2. The van der Waals surface area contributed by atoms with E-state index in [0.717, 1.165) is 16.6 Å². The van der Waals surface area contributed by atoms with Crippen molar-refractivity contribution in [3.05, 3.63) is 54.6 Å². The van der Waals surface area contributed by atoms with Crippen LogP contribution < -0.4 is 10.2 Å². The van der Waals surface area contributed by atoms with E-state index in [4.69, 9.17) is 4.99 Å². The van der Waals surface area contributed by atoms with Crippen LogP contribution in [0.4, 0.5) is 11.5 Å². The van der Waals surface area contributed by atoms with Gasteiger partial charge in [-0.25, -0.2) is 15.0 Å². The van der Waals surface area contributed by atoms with Gasteiger partial charge in [0.2, 0.25) is 5.96 Å². The highest BCUT2D eigenvalue weighted by Crippen LogP contribution is 2.27. The van der Waals surface area contributed by atoms with Crippen LogP contribution in [0.3, 0.4) is 0 Å². The molecule has 0 saturated carbocycles. The van der Waals surface area contributed by atoms with Gasteiger partial charge >= 0.3 is 0 Å². The molecule has 0 bridgehead atoms. The summed E-state index contributed by atoms with van der Waals surface area (Å²) in [4.78, 5) is 37.1. The van der Waals surface area contributed by atoms with Crippen molar-refractivity contribution in [1.29, 1.82) is 5.26 Å². The fraction of sp³-hybridized carbons (Fsp3) is 0.429. The van der Waals surface area contributed by atoms with E-state index >= 15 is 0 Å². The number of guanidine groups is 1. The van der Waals surface area contributed by atoms with E-state index in [-0.39, 0.29) is 24.0 Å². The Bertz CT molecular complexity index is 1370. The molecular formula is C28H33N9O2. The summed E-state index contributed by atoms with van der Waals surface area (Å²) >= 11 is 0. The van der Waals surface area contributed by atoms with Crippen LogP contribution in [-0.2, 0) is 0 Å². The first-order valence-corrected chi connectivity index (χ1v) is 13.3. The van der Waals surface area contributed by atoms with Gasteiger partial charge in [0.05, 0.1) is 35.7 Å². The van der Waals surface area contributed by atoms with Crippen LogP contribution in [0.1, 0.15) is 37.2 Å². The number of piperazine rings is 1. The number of benzene rings is 1. The average molecular weight is 528 g/mol. The van der Waals surface area contributed by atoms with Crippen LogP contribution in [0.5, 0.6) is 0 Å². The van der Waals surface area contributed by atoms with E-state index in [2.05, 4.69) is 50.1 Å². The Morgan fingerprint density at radius 1 is 1.10 bits per heavy atom. The molecule has 2 aliphatic heterocycles. The third kappa shape index (κ3) is 5.76. The lowest BCUT2D eigenvalue weighted by Gasteiger charge is -2.44. The zero-order chi connectivity index (χ0) is 27.4. The molecule has 2 aromatic heterocycles. The van der Waals surface area contributed by atoms with Crippen LogP contribution in [0.25, 0.3) is 10.9 Å². The fourth-order valence-corrected chi connectivity index (χ4v) is 5.19. The number of pyridine rings is 1. The summed E-state index contributed by atoms with van der Waals surface area (Å²) in [5.41, 5.74) is 1.91. The molecule has 2 aliphatic rings. The molecule has 0 radical (unpaired) electrons. The molecule has 4 heterocycles. The quantitative estimate of drug-likeness (QED) is 0.227. The van der Waals surface area contributed by atoms with E-state index in [1.54, 1.807) is 17.3 Å². The third-order valence-electron chi connectivity index (χ3n) is 7.41. The number of piperidine rings is 1. The monoisotopic (exact) mass is 527 g/mol. The van der Waals surface area contributed by atoms with E-state index < -0.39 is 0 Å². The predicted octanol–water partition coefficient (Wildman–Crippen LogP) is 2.53. The molecule has 202 valence electrons. The molecule has 1 atom stereocenters. The standard InChI is InChI=1S/C28H33N9O2/c1-19(2)25-17-36(26-16-31-24(15-32-26)27(39)35-11-8-20(38)9-12-35)13-14-37(25)28(33-18-29)34-23-7-3-6-22-21(23)5-4-10-30-22/h3-7,10,15-16,19-20,25,38H,8-9,11-14,17H2,1-2H3,(H,33,34)/t25-/m0/s1. The van der Waals surface area contributed by atoms with Crippen molar-refractivity contribution in [2.45, 2.75) is 38.8 Å². The van der Waals surface area contributed by atoms with Gasteiger partial charge in [-0.05, 0) is 43.0 Å². The minimum absolute atomic E-state index is 0.0503. The first kappa shape index (κ1) is 26.3. The van der Waals surface area contributed by atoms with Gasteiger partial charge in [0.25, 0.3) is 5.91 Å². The number of anilines is 1. The molecule has 11 heteroatoms. The van der Waals surface area contributed by atoms with E-state index in [9.17, 15) is 15.2 Å². The van der Waals surface area contributed by atoms with Crippen molar-refractivity contribution in [1.82, 2.24) is 30.1 Å². The van der Waals surface area contributed by atoms with Crippen molar-refractivity contribution in [3.8, 4) is 6.19 Å². The summed E-state index contributed by atoms with van der Waals surface area (Å²) in [6.07, 6.45) is 7.84. The third-order valence-corrected chi connectivity index (χ3v) is 7.41. The highest BCUT2D eigenvalue weighted by molar-refractivity contribution is 5.94. The maximum Gasteiger partial charge on any atom is 0.274 e. The second-order valence-corrected chi connectivity index (χ2v) is 10.3. The van der Waals surface area contributed by atoms with Crippen molar-refractivity contribution >= 4 is 34.3 Å². The van der Waals surface area contributed by atoms with Crippen molar-refractivity contribution in [2.75, 3.05) is 37.6 Å². The van der Waals surface area contributed by atoms with Gasteiger partial charge in [0.1, 0.15) is 11.5 Å². The number of aliphatic hydroxyl groups excluding tert-OH is 1. The number of aliphatic imine (C=N–C) groups is 1. The number of carbonyl (C=O) groups is 1. The minimum atomic E-state index is -0.340. The number of rotatable bonds is 4. The SMILES string of the molecule is CC(C)[C@@H]1CN(c2cnc(C(=O)N3CCC(O)CC3)cn2)CCN1C(=Nc1cccc2ncccc12)NC#N. The molecule has 5 rings (SSSR count). The highest BCUT2D eigenvalue weighted by atomic mass is 16.3. The smallest absolute Gasteiger partial charge is 0.274 e. The van der Waals surface area contributed by atoms with Crippen molar-refractivity contribution < 1.29 is 9.90 Å². The Balaban J connectivity index is 1.34. The molecule has 1 aromatic carbocycles. The number of likely N-dealkylation sites (tertiary alicyclic amines) is 1. The van der Waals surface area contributed by atoms with E-state index in [1.165, 1.54) is 6.20 Å². The van der Waals surface area contributed by atoms with Gasteiger partial charge < -0.3 is 19.8 Å². The van der Waals surface area contributed by atoms with Gasteiger partial charge in [-0.3, -0.25) is 15.1 Å². The Hall–Kier alpha value is -4.30. The molecule has 39 heavy (non-hydrogen) atoms. The van der Waals surface area contributed by atoms with Gasteiger partial charge in [-0.2, -0.15) is 5.26 Å². The molecule has 2 N–H and O–H groups in total. The Morgan fingerprint density at radius 2 is 1.92 bits per heavy atom. The number of hydrogen-bond acceptors (Lipinski definition) is 8. The molecule has 0 aliphatic carbocycles. The first-order valence-electron chi connectivity index (χ1n) is 13.3. The summed E-state index contributed by atoms with van der Waals surface area (Å²) in [5, 5.41) is 23.0. The summed E-state index contributed by atoms with van der Waals surface area (Å²) < 4.78 is 0. The zero-order valence-corrected chi connectivity index (χ0v) is 22.2. The Morgan fingerprint density at radius 3 is 2.64 bits per heavy atom. The molecule has 0 unspecified atom stereocenters. The number of hydrogen-bond donors (Lipinski definition) is 2.